The first-order chi connectivity index (χ1) is 26.1. The van der Waals surface area contributed by atoms with E-state index < -0.39 is 6.10 Å². The molecule has 0 rings (SSSR count). The fourth-order valence-corrected chi connectivity index (χ4v) is 5.68. The molecule has 0 saturated carbocycles. The number of unbranched alkanes of at least 4 members (excludes halogenated alkanes) is 16. The Kier molecular flexibility index (Phi) is 41.1. The minimum absolute atomic E-state index is 0.0757. The lowest BCUT2D eigenvalue weighted by molar-refractivity contribution is -0.161. The standard InChI is InChI=1S/C48H80O5/c1-3-5-7-9-11-13-15-16-17-18-19-20-21-22-23-24-25-26-27-28-29-30-31-32-33-35-37-39-41-43-48(51)53-46(44-49)45-52-47(50)42-40-38-36-34-14-12-10-8-6-4-2/h5,7-8,10-11,13,16-17,19-20,22-23,25-26,46,49H,3-4,6,9,12,14-15,18,21,24,27-45H2,1-2H3/b7-5-,10-8-,13-11-,17-16-,20-19-,23-22-,26-25-. The Morgan fingerprint density at radius 1 is 0.453 bits per heavy atom. The summed E-state index contributed by atoms with van der Waals surface area (Å²) in [4.78, 5) is 24.2. The van der Waals surface area contributed by atoms with Gasteiger partial charge in [0.2, 0.25) is 0 Å². The van der Waals surface area contributed by atoms with Gasteiger partial charge in [-0.1, -0.05) is 176 Å². The molecule has 1 atom stereocenters. The summed E-state index contributed by atoms with van der Waals surface area (Å²) in [5, 5.41) is 9.55. The van der Waals surface area contributed by atoms with Crippen molar-refractivity contribution in [3.8, 4) is 0 Å². The van der Waals surface area contributed by atoms with E-state index in [0.717, 1.165) is 89.9 Å². The molecule has 0 fully saturated rings. The molecule has 0 saturated heterocycles. The Hall–Kier alpha value is -2.92. The molecule has 0 aliphatic rings. The van der Waals surface area contributed by atoms with Crippen LogP contribution in [0.4, 0.5) is 0 Å². The number of hydrogen-bond donors (Lipinski definition) is 1. The van der Waals surface area contributed by atoms with Crippen molar-refractivity contribution in [2.45, 2.75) is 193 Å². The van der Waals surface area contributed by atoms with Crippen LogP contribution in [0.15, 0.2) is 85.1 Å². The number of hydrogen-bond acceptors (Lipinski definition) is 5. The van der Waals surface area contributed by atoms with Crippen LogP contribution in [-0.2, 0) is 19.1 Å². The lowest BCUT2D eigenvalue weighted by Crippen LogP contribution is -2.28. The second-order valence-electron chi connectivity index (χ2n) is 14.0. The average molecular weight is 737 g/mol. The van der Waals surface area contributed by atoms with Gasteiger partial charge in [0.15, 0.2) is 6.10 Å². The van der Waals surface area contributed by atoms with Crippen molar-refractivity contribution in [3.05, 3.63) is 85.1 Å². The summed E-state index contributed by atoms with van der Waals surface area (Å²) in [6.45, 7) is 3.94. The SMILES string of the molecule is CC/C=C\C/C=C\C/C=C\C/C=C\C/C=C\C/C=C\CCCCCCCCCCCCC(=O)OC(CO)COC(=O)CCCCCCC/C=C\CCC. The fraction of sp³-hybridized carbons (Fsp3) is 0.667. The third-order valence-electron chi connectivity index (χ3n) is 8.90. The van der Waals surface area contributed by atoms with E-state index in [9.17, 15) is 14.7 Å². The summed E-state index contributed by atoms with van der Waals surface area (Å²) in [7, 11) is 0. The molecular formula is C48H80O5. The Bertz CT molecular complexity index is 1010. The van der Waals surface area contributed by atoms with Gasteiger partial charge in [0.05, 0.1) is 6.61 Å². The number of ether oxygens (including phenoxy) is 2. The number of esters is 2. The Balaban J connectivity index is 3.56. The molecule has 0 aromatic carbocycles. The van der Waals surface area contributed by atoms with Gasteiger partial charge in [0.25, 0.3) is 0 Å². The molecule has 0 aromatic heterocycles. The number of aliphatic hydroxyl groups excluding tert-OH is 1. The van der Waals surface area contributed by atoms with Gasteiger partial charge in [0, 0.05) is 12.8 Å². The van der Waals surface area contributed by atoms with Crippen LogP contribution in [0.5, 0.6) is 0 Å². The molecule has 0 heterocycles. The first kappa shape index (κ1) is 50.1. The van der Waals surface area contributed by atoms with Crippen LogP contribution in [0.1, 0.15) is 187 Å². The summed E-state index contributed by atoms with van der Waals surface area (Å²) >= 11 is 0. The third kappa shape index (κ3) is 41.7. The van der Waals surface area contributed by atoms with Gasteiger partial charge < -0.3 is 14.6 Å². The summed E-state index contributed by atoms with van der Waals surface area (Å²) in [5.74, 6) is -0.614. The van der Waals surface area contributed by atoms with E-state index in [1.54, 1.807) is 0 Å². The van der Waals surface area contributed by atoms with E-state index in [0.29, 0.717) is 12.8 Å². The minimum Gasteiger partial charge on any atom is -0.462 e. The maximum atomic E-state index is 12.2. The van der Waals surface area contributed by atoms with Crippen LogP contribution >= 0.6 is 0 Å². The number of carbonyl (C=O) groups is 2. The normalized spacial score (nSPS) is 13.0. The maximum Gasteiger partial charge on any atom is 0.306 e. The van der Waals surface area contributed by atoms with Crippen molar-refractivity contribution in [1.82, 2.24) is 0 Å². The Labute approximate surface area is 326 Å². The van der Waals surface area contributed by atoms with E-state index in [4.69, 9.17) is 9.47 Å². The van der Waals surface area contributed by atoms with Crippen molar-refractivity contribution in [1.29, 1.82) is 0 Å². The summed E-state index contributed by atoms with van der Waals surface area (Å²) < 4.78 is 10.6. The molecule has 5 nitrogen and oxygen atoms in total. The molecule has 0 spiro atoms. The van der Waals surface area contributed by atoms with Crippen molar-refractivity contribution in [2.24, 2.45) is 0 Å². The van der Waals surface area contributed by atoms with E-state index >= 15 is 0 Å². The van der Waals surface area contributed by atoms with Gasteiger partial charge in [0.1, 0.15) is 6.61 Å². The van der Waals surface area contributed by atoms with Crippen LogP contribution in [0.25, 0.3) is 0 Å². The predicted molar refractivity (Wildman–Crippen MR) is 228 cm³/mol. The molecule has 0 aliphatic heterocycles. The van der Waals surface area contributed by atoms with Crippen LogP contribution in [0, 0.1) is 0 Å². The first-order valence-corrected chi connectivity index (χ1v) is 21.6. The third-order valence-corrected chi connectivity index (χ3v) is 8.90. The molecule has 5 heteroatoms. The zero-order chi connectivity index (χ0) is 38.6. The summed E-state index contributed by atoms with van der Waals surface area (Å²) in [6, 6.07) is 0. The lowest BCUT2D eigenvalue weighted by Gasteiger charge is -2.15. The molecule has 0 bridgehead atoms. The van der Waals surface area contributed by atoms with Gasteiger partial charge >= 0.3 is 11.9 Å². The van der Waals surface area contributed by atoms with Gasteiger partial charge in [-0.3, -0.25) is 9.59 Å². The van der Waals surface area contributed by atoms with E-state index in [1.165, 1.54) is 70.6 Å². The molecule has 0 amide bonds. The molecule has 0 aromatic rings. The predicted octanol–water partition coefficient (Wildman–Crippen LogP) is 13.9. The summed E-state index contributed by atoms with van der Waals surface area (Å²) in [5.41, 5.74) is 0. The largest absolute Gasteiger partial charge is 0.462 e. The fourth-order valence-electron chi connectivity index (χ4n) is 5.68. The highest BCUT2D eigenvalue weighted by Crippen LogP contribution is 2.13. The van der Waals surface area contributed by atoms with Gasteiger partial charge in [-0.05, 0) is 83.5 Å². The second-order valence-corrected chi connectivity index (χ2v) is 14.0. The molecule has 0 aliphatic carbocycles. The summed E-state index contributed by atoms with van der Waals surface area (Å²) in [6.07, 6.45) is 59.5. The lowest BCUT2D eigenvalue weighted by atomic mass is 10.0. The zero-order valence-electron chi connectivity index (χ0n) is 34.2. The van der Waals surface area contributed by atoms with Gasteiger partial charge in [-0.15, -0.1) is 0 Å². The molecule has 302 valence electrons. The number of rotatable bonds is 38. The van der Waals surface area contributed by atoms with Crippen LogP contribution < -0.4 is 0 Å². The second kappa shape index (κ2) is 43.5. The highest BCUT2D eigenvalue weighted by atomic mass is 16.6. The smallest absolute Gasteiger partial charge is 0.306 e. The minimum atomic E-state index is -0.780. The van der Waals surface area contributed by atoms with Gasteiger partial charge in [-0.25, -0.2) is 0 Å². The van der Waals surface area contributed by atoms with Crippen molar-refractivity contribution >= 4 is 11.9 Å². The van der Waals surface area contributed by atoms with Crippen LogP contribution in [0.2, 0.25) is 0 Å². The zero-order valence-corrected chi connectivity index (χ0v) is 34.2. The molecule has 1 unspecified atom stereocenters. The maximum absolute atomic E-state index is 12.2. The highest BCUT2D eigenvalue weighted by molar-refractivity contribution is 5.70. The van der Waals surface area contributed by atoms with Crippen LogP contribution in [-0.4, -0.2) is 36.4 Å². The quantitative estimate of drug-likeness (QED) is 0.0388. The molecule has 1 N–H and O–H groups in total. The molecular weight excluding hydrogens is 657 g/mol. The first-order valence-electron chi connectivity index (χ1n) is 21.6. The van der Waals surface area contributed by atoms with E-state index in [-0.39, 0.29) is 25.2 Å². The number of allylic oxidation sites excluding steroid dienone is 14. The van der Waals surface area contributed by atoms with Crippen LogP contribution in [0.3, 0.4) is 0 Å². The topological polar surface area (TPSA) is 72.8 Å². The average Bonchev–Trinajstić information content (AvgIpc) is 3.16. The Morgan fingerprint density at radius 3 is 1.25 bits per heavy atom. The van der Waals surface area contributed by atoms with Crippen molar-refractivity contribution in [3.63, 3.8) is 0 Å². The van der Waals surface area contributed by atoms with Crippen molar-refractivity contribution < 1.29 is 24.2 Å². The molecule has 53 heavy (non-hydrogen) atoms. The van der Waals surface area contributed by atoms with E-state index in [1.807, 2.05) is 0 Å². The molecule has 0 radical (unpaired) electrons. The number of carbonyl (C=O) groups excluding carboxylic acids is 2. The van der Waals surface area contributed by atoms with Crippen molar-refractivity contribution in [2.75, 3.05) is 13.2 Å². The Morgan fingerprint density at radius 2 is 0.811 bits per heavy atom. The monoisotopic (exact) mass is 737 g/mol. The number of aliphatic hydroxyl groups is 1. The van der Waals surface area contributed by atoms with Gasteiger partial charge in [-0.2, -0.15) is 0 Å². The van der Waals surface area contributed by atoms with E-state index in [2.05, 4.69) is 98.9 Å². The highest BCUT2D eigenvalue weighted by Gasteiger charge is 2.16.